The number of aromatic nitrogens is 1. The van der Waals surface area contributed by atoms with Gasteiger partial charge in [-0.3, -0.25) is 9.78 Å². The molecule has 1 aromatic rings. The molecule has 4 heteroatoms. The summed E-state index contributed by atoms with van der Waals surface area (Å²) in [6.07, 6.45) is 10.5. The number of aliphatic hydroxyl groups is 1. The van der Waals surface area contributed by atoms with Crippen LogP contribution in [0, 0.1) is 0 Å². The van der Waals surface area contributed by atoms with Crippen LogP contribution in [-0.4, -0.2) is 29.1 Å². The molecule has 4 nitrogen and oxygen atoms in total. The molecule has 0 saturated carbocycles. The molecule has 0 spiro atoms. The van der Waals surface area contributed by atoms with Gasteiger partial charge in [0.1, 0.15) is 0 Å². The van der Waals surface area contributed by atoms with E-state index < -0.39 is 0 Å². The van der Waals surface area contributed by atoms with Gasteiger partial charge in [-0.25, -0.2) is 0 Å². The maximum Gasteiger partial charge on any atom is 0.243 e. The van der Waals surface area contributed by atoms with Gasteiger partial charge >= 0.3 is 0 Å². The number of hydrogen-bond acceptors (Lipinski definition) is 3. The van der Waals surface area contributed by atoms with Crippen LogP contribution in [0.1, 0.15) is 31.2 Å². The molecule has 0 unspecified atom stereocenters. The Morgan fingerprint density at radius 2 is 2.17 bits per heavy atom. The smallest absolute Gasteiger partial charge is 0.243 e. The first-order chi connectivity index (χ1) is 8.83. The van der Waals surface area contributed by atoms with Crippen LogP contribution in [0.3, 0.4) is 0 Å². The third kappa shape index (κ3) is 6.81. The molecule has 0 aromatic carbocycles. The second kappa shape index (κ2) is 9.36. The number of nitrogens with one attached hydrogen (secondary N) is 1. The van der Waals surface area contributed by atoms with Crippen molar-refractivity contribution in [2.24, 2.45) is 0 Å². The number of carbonyl (C=O) groups is 1. The molecule has 98 valence electrons. The van der Waals surface area contributed by atoms with E-state index in [-0.39, 0.29) is 12.5 Å². The number of unbranched alkanes of at least 4 members (excludes halogenated alkanes) is 3. The van der Waals surface area contributed by atoms with E-state index in [0.29, 0.717) is 6.54 Å². The number of nitrogens with zero attached hydrogens (tertiary/aromatic N) is 1. The zero-order valence-electron chi connectivity index (χ0n) is 10.5. The summed E-state index contributed by atoms with van der Waals surface area (Å²) in [6, 6.07) is 3.73. The van der Waals surface area contributed by atoms with Gasteiger partial charge in [0.05, 0.1) is 0 Å². The molecule has 0 fully saturated rings. The lowest BCUT2D eigenvalue weighted by Gasteiger charge is -2.01. The summed E-state index contributed by atoms with van der Waals surface area (Å²) < 4.78 is 0. The topological polar surface area (TPSA) is 62.2 Å². The molecule has 1 rings (SSSR count). The molecular formula is C14H20N2O2. The third-order valence-corrected chi connectivity index (χ3v) is 2.50. The predicted molar refractivity (Wildman–Crippen MR) is 71.8 cm³/mol. The van der Waals surface area contributed by atoms with Gasteiger partial charge in [0.2, 0.25) is 5.91 Å². The van der Waals surface area contributed by atoms with E-state index in [1.165, 1.54) is 6.08 Å². The average molecular weight is 248 g/mol. The van der Waals surface area contributed by atoms with Crippen LogP contribution in [-0.2, 0) is 4.79 Å². The van der Waals surface area contributed by atoms with Crippen molar-refractivity contribution in [3.05, 3.63) is 36.2 Å². The predicted octanol–water partition coefficient (Wildman–Crippen LogP) is 1.76. The summed E-state index contributed by atoms with van der Waals surface area (Å²) in [6.45, 7) is 0.932. The summed E-state index contributed by atoms with van der Waals surface area (Å²) in [5, 5.41) is 11.4. The summed E-state index contributed by atoms with van der Waals surface area (Å²) in [5.41, 5.74) is 0.913. The molecule has 0 aliphatic heterocycles. The second-order valence-corrected chi connectivity index (χ2v) is 4.05. The van der Waals surface area contributed by atoms with Gasteiger partial charge < -0.3 is 10.4 Å². The highest BCUT2D eigenvalue weighted by molar-refractivity contribution is 5.91. The van der Waals surface area contributed by atoms with E-state index in [2.05, 4.69) is 10.3 Å². The minimum atomic E-state index is -0.0824. The molecule has 1 heterocycles. The van der Waals surface area contributed by atoms with Crippen LogP contribution in [0.2, 0.25) is 0 Å². The number of carbonyl (C=O) groups excluding carboxylic acids is 1. The van der Waals surface area contributed by atoms with Crippen LogP contribution in [0.15, 0.2) is 30.6 Å². The summed E-state index contributed by atoms with van der Waals surface area (Å²) >= 11 is 0. The molecule has 0 radical (unpaired) electrons. The summed E-state index contributed by atoms with van der Waals surface area (Å²) in [4.78, 5) is 15.4. The number of aliphatic hydroxyl groups excluding tert-OH is 1. The highest BCUT2D eigenvalue weighted by Gasteiger charge is 1.95. The highest BCUT2D eigenvalue weighted by Crippen LogP contribution is 1.99. The van der Waals surface area contributed by atoms with E-state index in [1.807, 2.05) is 12.1 Å². The van der Waals surface area contributed by atoms with Crippen molar-refractivity contribution in [2.75, 3.05) is 13.2 Å². The Morgan fingerprint density at radius 3 is 2.89 bits per heavy atom. The Morgan fingerprint density at radius 1 is 1.33 bits per heavy atom. The lowest BCUT2D eigenvalue weighted by atomic mass is 10.2. The van der Waals surface area contributed by atoms with Crippen molar-refractivity contribution in [1.82, 2.24) is 10.3 Å². The summed E-state index contributed by atoms with van der Waals surface area (Å²) in [7, 11) is 0. The number of amides is 1. The van der Waals surface area contributed by atoms with E-state index in [9.17, 15) is 4.79 Å². The molecule has 0 aliphatic carbocycles. The lowest BCUT2D eigenvalue weighted by Crippen LogP contribution is -2.21. The Balaban J connectivity index is 2.12. The zero-order chi connectivity index (χ0) is 13.1. The largest absolute Gasteiger partial charge is 0.396 e. The molecule has 0 saturated heterocycles. The van der Waals surface area contributed by atoms with Gasteiger partial charge in [0.25, 0.3) is 0 Å². The van der Waals surface area contributed by atoms with Crippen LogP contribution in [0.5, 0.6) is 0 Å². The molecular weight excluding hydrogens is 228 g/mol. The van der Waals surface area contributed by atoms with Crippen LogP contribution >= 0.6 is 0 Å². The highest BCUT2D eigenvalue weighted by atomic mass is 16.2. The SMILES string of the molecule is O=C(/C=C/c1cccnc1)NCCCCCCO. The molecule has 0 bridgehead atoms. The minimum absolute atomic E-state index is 0.0824. The Labute approximate surface area is 108 Å². The normalized spacial score (nSPS) is 10.7. The Hall–Kier alpha value is -1.68. The Bertz CT molecular complexity index is 363. The van der Waals surface area contributed by atoms with E-state index in [4.69, 9.17) is 5.11 Å². The lowest BCUT2D eigenvalue weighted by molar-refractivity contribution is -0.116. The van der Waals surface area contributed by atoms with Crippen molar-refractivity contribution in [3.63, 3.8) is 0 Å². The van der Waals surface area contributed by atoms with Crippen molar-refractivity contribution < 1.29 is 9.90 Å². The van der Waals surface area contributed by atoms with Crippen molar-refractivity contribution >= 4 is 12.0 Å². The van der Waals surface area contributed by atoms with Crippen molar-refractivity contribution in [3.8, 4) is 0 Å². The maximum atomic E-state index is 11.4. The third-order valence-electron chi connectivity index (χ3n) is 2.50. The van der Waals surface area contributed by atoms with Gasteiger partial charge in [0, 0.05) is 31.6 Å². The van der Waals surface area contributed by atoms with E-state index in [0.717, 1.165) is 31.2 Å². The molecule has 0 atom stereocenters. The number of pyridine rings is 1. The van der Waals surface area contributed by atoms with E-state index in [1.54, 1.807) is 18.5 Å². The standard InChI is InChI=1S/C14H20N2O2/c17-11-4-2-1-3-10-16-14(18)8-7-13-6-5-9-15-12-13/h5-9,12,17H,1-4,10-11H2,(H,16,18)/b8-7+. The minimum Gasteiger partial charge on any atom is -0.396 e. The fourth-order valence-corrected chi connectivity index (χ4v) is 1.51. The summed E-state index contributed by atoms with van der Waals surface area (Å²) in [5.74, 6) is -0.0824. The van der Waals surface area contributed by atoms with Gasteiger partial charge in [-0.05, 0) is 30.5 Å². The molecule has 2 N–H and O–H groups in total. The first kappa shape index (κ1) is 14.4. The Kier molecular flexibility index (Phi) is 7.48. The maximum absolute atomic E-state index is 11.4. The van der Waals surface area contributed by atoms with Gasteiger partial charge in [-0.2, -0.15) is 0 Å². The van der Waals surface area contributed by atoms with E-state index >= 15 is 0 Å². The molecule has 18 heavy (non-hydrogen) atoms. The molecule has 1 aromatic heterocycles. The van der Waals surface area contributed by atoms with Crippen molar-refractivity contribution in [1.29, 1.82) is 0 Å². The zero-order valence-corrected chi connectivity index (χ0v) is 10.5. The number of hydrogen-bond donors (Lipinski definition) is 2. The average Bonchev–Trinajstić information content (AvgIpc) is 2.41. The fourth-order valence-electron chi connectivity index (χ4n) is 1.51. The molecule has 1 amide bonds. The van der Waals surface area contributed by atoms with Gasteiger partial charge in [-0.1, -0.05) is 18.9 Å². The second-order valence-electron chi connectivity index (χ2n) is 4.05. The quantitative estimate of drug-likeness (QED) is 0.544. The van der Waals surface area contributed by atoms with Gasteiger partial charge in [-0.15, -0.1) is 0 Å². The van der Waals surface area contributed by atoms with Crippen molar-refractivity contribution in [2.45, 2.75) is 25.7 Å². The first-order valence-electron chi connectivity index (χ1n) is 6.30. The van der Waals surface area contributed by atoms with Crippen LogP contribution < -0.4 is 5.32 Å². The number of rotatable bonds is 8. The van der Waals surface area contributed by atoms with Gasteiger partial charge in [0.15, 0.2) is 0 Å². The van der Waals surface area contributed by atoms with Crippen LogP contribution in [0.4, 0.5) is 0 Å². The first-order valence-corrected chi connectivity index (χ1v) is 6.30. The fraction of sp³-hybridized carbons (Fsp3) is 0.429. The molecule has 0 aliphatic rings. The monoisotopic (exact) mass is 248 g/mol. The van der Waals surface area contributed by atoms with Crippen LogP contribution in [0.25, 0.3) is 6.08 Å².